The summed E-state index contributed by atoms with van der Waals surface area (Å²) in [6, 6.07) is 0.684. The Balaban J connectivity index is 1.97. The Bertz CT molecular complexity index is 247. The van der Waals surface area contributed by atoms with Crippen LogP contribution in [-0.4, -0.2) is 49.3 Å². The fourth-order valence-corrected chi connectivity index (χ4v) is 3.11. The lowest BCUT2D eigenvalue weighted by Crippen LogP contribution is -2.63. The Morgan fingerprint density at radius 1 is 1.41 bits per heavy atom. The highest BCUT2D eigenvalue weighted by molar-refractivity contribution is 4.94. The molecule has 0 aliphatic carbocycles. The minimum absolute atomic E-state index is 0.255. The molecule has 2 fully saturated rings. The molecule has 0 bridgehead atoms. The maximum atomic E-state index is 5.50. The number of rotatable bonds is 3. The van der Waals surface area contributed by atoms with Crippen LogP contribution in [0.15, 0.2) is 0 Å². The molecular weight excluding hydrogens is 212 g/mol. The highest BCUT2D eigenvalue weighted by Crippen LogP contribution is 2.23. The summed E-state index contributed by atoms with van der Waals surface area (Å²) in [5.41, 5.74) is 0.255. The van der Waals surface area contributed by atoms with Crippen molar-refractivity contribution in [2.24, 2.45) is 11.8 Å². The molecule has 2 atom stereocenters. The first-order valence-corrected chi connectivity index (χ1v) is 7.05. The summed E-state index contributed by atoms with van der Waals surface area (Å²) in [4.78, 5) is 2.69. The number of nitrogens with one attached hydrogen (secondary N) is 1. The second-order valence-corrected chi connectivity index (χ2v) is 6.74. The van der Waals surface area contributed by atoms with E-state index in [4.69, 9.17) is 4.74 Å². The summed E-state index contributed by atoms with van der Waals surface area (Å²) in [7, 11) is 0. The van der Waals surface area contributed by atoms with E-state index in [9.17, 15) is 0 Å². The third kappa shape index (κ3) is 3.43. The Hall–Kier alpha value is -0.120. The van der Waals surface area contributed by atoms with Crippen LogP contribution in [0.25, 0.3) is 0 Å². The van der Waals surface area contributed by atoms with Gasteiger partial charge in [-0.15, -0.1) is 0 Å². The number of hydrogen-bond donors (Lipinski definition) is 1. The summed E-state index contributed by atoms with van der Waals surface area (Å²) in [5.74, 6) is 1.48. The number of nitrogens with zero attached hydrogens (tertiary/aromatic N) is 1. The molecule has 2 saturated heterocycles. The Morgan fingerprint density at radius 3 is 2.76 bits per heavy atom. The van der Waals surface area contributed by atoms with Gasteiger partial charge in [0.1, 0.15) is 0 Å². The molecule has 0 radical (unpaired) electrons. The molecule has 17 heavy (non-hydrogen) atoms. The molecule has 100 valence electrons. The number of ether oxygens (including phenoxy) is 1. The first kappa shape index (κ1) is 13.3. The topological polar surface area (TPSA) is 24.5 Å². The van der Waals surface area contributed by atoms with Crippen molar-refractivity contribution in [1.82, 2.24) is 10.2 Å². The van der Waals surface area contributed by atoms with E-state index >= 15 is 0 Å². The van der Waals surface area contributed by atoms with Crippen LogP contribution in [-0.2, 0) is 4.74 Å². The van der Waals surface area contributed by atoms with Crippen LogP contribution in [0.1, 0.15) is 34.1 Å². The fraction of sp³-hybridized carbons (Fsp3) is 1.00. The van der Waals surface area contributed by atoms with Crippen molar-refractivity contribution in [3.63, 3.8) is 0 Å². The largest absolute Gasteiger partial charge is 0.381 e. The zero-order valence-electron chi connectivity index (χ0n) is 11.8. The first-order valence-electron chi connectivity index (χ1n) is 7.05. The monoisotopic (exact) mass is 240 g/mol. The van der Waals surface area contributed by atoms with Crippen molar-refractivity contribution < 1.29 is 4.74 Å². The van der Waals surface area contributed by atoms with Gasteiger partial charge in [0.2, 0.25) is 0 Å². The smallest absolute Gasteiger partial charge is 0.0507 e. The van der Waals surface area contributed by atoms with E-state index in [0.29, 0.717) is 6.04 Å². The summed E-state index contributed by atoms with van der Waals surface area (Å²) in [6.45, 7) is 14.7. The standard InChI is InChI=1S/C14H28N2O/c1-11(2)13-7-15-14(3,4)10-16(13)8-12-5-6-17-9-12/h11-13,15H,5-10H2,1-4H3. The van der Waals surface area contributed by atoms with Gasteiger partial charge in [-0.25, -0.2) is 0 Å². The molecule has 2 heterocycles. The molecule has 2 aliphatic rings. The quantitative estimate of drug-likeness (QED) is 0.813. The van der Waals surface area contributed by atoms with Crippen LogP contribution in [0.3, 0.4) is 0 Å². The average Bonchev–Trinajstić information content (AvgIpc) is 2.68. The fourth-order valence-electron chi connectivity index (χ4n) is 3.11. The SMILES string of the molecule is CC(C)C1CNC(C)(C)CN1CC1CCOC1. The summed E-state index contributed by atoms with van der Waals surface area (Å²) in [6.07, 6.45) is 1.25. The van der Waals surface area contributed by atoms with Crippen molar-refractivity contribution >= 4 is 0 Å². The van der Waals surface area contributed by atoms with Crippen LogP contribution >= 0.6 is 0 Å². The lowest BCUT2D eigenvalue weighted by molar-refractivity contribution is 0.0526. The third-order valence-corrected chi connectivity index (χ3v) is 4.14. The molecule has 0 saturated carbocycles. The molecule has 0 aromatic carbocycles. The van der Waals surface area contributed by atoms with E-state index in [1.165, 1.54) is 13.0 Å². The van der Waals surface area contributed by atoms with Crippen molar-refractivity contribution in [3.8, 4) is 0 Å². The van der Waals surface area contributed by atoms with E-state index in [-0.39, 0.29) is 5.54 Å². The molecule has 3 nitrogen and oxygen atoms in total. The minimum Gasteiger partial charge on any atom is -0.381 e. The summed E-state index contributed by atoms with van der Waals surface area (Å²) in [5, 5.41) is 3.67. The number of piperazine rings is 1. The van der Waals surface area contributed by atoms with E-state index < -0.39 is 0 Å². The highest BCUT2D eigenvalue weighted by atomic mass is 16.5. The van der Waals surface area contributed by atoms with Gasteiger partial charge < -0.3 is 10.1 Å². The summed E-state index contributed by atoms with van der Waals surface area (Å²) < 4.78 is 5.50. The normalized spacial score (nSPS) is 34.4. The van der Waals surface area contributed by atoms with Crippen LogP contribution in [0.4, 0.5) is 0 Å². The van der Waals surface area contributed by atoms with E-state index in [2.05, 4.69) is 37.9 Å². The second kappa shape index (κ2) is 5.25. The molecule has 2 rings (SSSR count). The van der Waals surface area contributed by atoms with Gasteiger partial charge in [0.05, 0.1) is 6.61 Å². The Kier molecular flexibility index (Phi) is 4.11. The molecule has 2 aliphatic heterocycles. The molecule has 3 heteroatoms. The van der Waals surface area contributed by atoms with Gasteiger partial charge in [-0.3, -0.25) is 4.90 Å². The van der Waals surface area contributed by atoms with Gasteiger partial charge in [-0.1, -0.05) is 13.8 Å². The first-order chi connectivity index (χ1) is 7.98. The van der Waals surface area contributed by atoms with Gasteiger partial charge in [-0.2, -0.15) is 0 Å². The van der Waals surface area contributed by atoms with Gasteiger partial charge >= 0.3 is 0 Å². The predicted octanol–water partition coefficient (Wildman–Crippen LogP) is 1.73. The second-order valence-electron chi connectivity index (χ2n) is 6.74. The molecular formula is C14H28N2O. The predicted molar refractivity (Wildman–Crippen MR) is 71.2 cm³/mol. The van der Waals surface area contributed by atoms with E-state index in [1.807, 2.05) is 0 Å². The van der Waals surface area contributed by atoms with Crippen molar-refractivity contribution in [2.45, 2.75) is 45.7 Å². The van der Waals surface area contributed by atoms with Crippen molar-refractivity contribution in [2.75, 3.05) is 32.8 Å². The highest BCUT2D eigenvalue weighted by Gasteiger charge is 2.35. The lowest BCUT2D eigenvalue weighted by atomic mass is 9.92. The van der Waals surface area contributed by atoms with Crippen LogP contribution in [0, 0.1) is 11.8 Å². The van der Waals surface area contributed by atoms with E-state index in [0.717, 1.165) is 38.1 Å². The van der Waals surface area contributed by atoms with Crippen molar-refractivity contribution in [3.05, 3.63) is 0 Å². The zero-order chi connectivity index (χ0) is 12.5. The molecule has 0 amide bonds. The zero-order valence-corrected chi connectivity index (χ0v) is 11.8. The summed E-state index contributed by atoms with van der Waals surface area (Å²) >= 11 is 0. The minimum atomic E-state index is 0.255. The Morgan fingerprint density at radius 2 is 2.18 bits per heavy atom. The van der Waals surface area contributed by atoms with Crippen LogP contribution < -0.4 is 5.32 Å². The van der Waals surface area contributed by atoms with Gasteiger partial charge in [0, 0.05) is 37.8 Å². The molecule has 0 aromatic heterocycles. The molecule has 0 spiro atoms. The van der Waals surface area contributed by atoms with Gasteiger partial charge in [0.25, 0.3) is 0 Å². The average molecular weight is 240 g/mol. The lowest BCUT2D eigenvalue weighted by Gasteiger charge is -2.47. The molecule has 2 unspecified atom stereocenters. The van der Waals surface area contributed by atoms with Crippen molar-refractivity contribution in [1.29, 1.82) is 0 Å². The molecule has 0 aromatic rings. The molecule has 1 N–H and O–H groups in total. The van der Waals surface area contributed by atoms with Gasteiger partial charge in [0.15, 0.2) is 0 Å². The van der Waals surface area contributed by atoms with E-state index in [1.54, 1.807) is 0 Å². The van der Waals surface area contributed by atoms with Crippen LogP contribution in [0.2, 0.25) is 0 Å². The third-order valence-electron chi connectivity index (χ3n) is 4.14. The van der Waals surface area contributed by atoms with Crippen LogP contribution in [0.5, 0.6) is 0 Å². The maximum Gasteiger partial charge on any atom is 0.0507 e. The Labute approximate surface area is 106 Å². The maximum absolute atomic E-state index is 5.50. The number of hydrogen-bond acceptors (Lipinski definition) is 3. The van der Waals surface area contributed by atoms with Gasteiger partial charge in [-0.05, 0) is 32.1 Å².